The summed E-state index contributed by atoms with van der Waals surface area (Å²) >= 11 is 0. The minimum atomic E-state index is -0.496. The summed E-state index contributed by atoms with van der Waals surface area (Å²) in [7, 11) is 0. The number of amides is 1. The van der Waals surface area contributed by atoms with E-state index in [1.165, 1.54) is 0 Å². The zero-order chi connectivity index (χ0) is 18.3. The number of carbonyl (C=O) groups is 1. The number of nitrogens with zero attached hydrogens (tertiary/aromatic N) is 2. The first-order valence-corrected chi connectivity index (χ1v) is 8.14. The Bertz CT molecular complexity index is 1210. The molecule has 130 valence electrons. The molecule has 2 aromatic carbocycles. The van der Waals surface area contributed by atoms with Gasteiger partial charge in [-0.1, -0.05) is 6.07 Å². The van der Waals surface area contributed by atoms with E-state index in [1.807, 2.05) is 19.9 Å². The standard InChI is InChI=1S/C19H16N4O3/c1-10-11(2)22-16-8-13(4-6-14(16)21-10)18(24)20-9-12-3-5-15-17(7-12)26-19(25)23-15/h3-8H,9H2,1-2H3,(H,20,24)(H,23,25). The Morgan fingerprint density at radius 3 is 2.65 bits per heavy atom. The van der Waals surface area contributed by atoms with E-state index in [0.717, 1.165) is 22.5 Å². The number of benzene rings is 2. The molecule has 2 aromatic heterocycles. The van der Waals surface area contributed by atoms with Gasteiger partial charge in [0, 0.05) is 12.1 Å². The maximum Gasteiger partial charge on any atom is 0.417 e. The first-order chi connectivity index (χ1) is 12.5. The lowest BCUT2D eigenvalue weighted by Gasteiger charge is -2.07. The Morgan fingerprint density at radius 1 is 1.08 bits per heavy atom. The molecule has 0 saturated carbocycles. The molecule has 2 heterocycles. The molecule has 0 aliphatic carbocycles. The van der Waals surface area contributed by atoms with Crippen LogP contribution in [0.2, 0.25) is 0 Å². The average Bonchev–Trinajstić information content (AvgIpc) is 2.99. The number of aryl methyl sites for hydroxylation is 2. The van der Waals surface area contributed by atoms with Crippen molar-refractivity contribution >= 4 is 28.0 Å². The number of nitrogens with one attached hydrogen (secondary N) is 2. The molecule has 2 N–H and O–H groups in total. The van der Waals surface area contributed by atoms with Gasteiger partial charge in [-0.05, 0) is 49.7 Å². The van der Waals surface area contributed by atoms with Crippen LogP contribution in [0.15, 0.2) is 45.6 Å². The Labute approximate surface area is 148 Å². The van der Waals surface area contributed by atoms with Crippen LogP contribution >= 0.6 is 0 Å². The number of hydrogen-bond acceptors (Lipinski definition) is 5. The third-order valence-electron chi connectivity index (χ3n) is 4.28. The molecular weight excluding hydrogens is 332 g/mol. The molecule has 1 amide bonds. The number of fused-ring (bicyclic) bond motifs is 2. The van der Waals surface area contributed by atoms with E-state index in [9.17, 15) is 9.59 Å². The van der Waals surface area contributed by atoms with Crippen molar-refractivity contribution in [3.8, 4) is 0 Å². The Morgan fingerprint density at radius 2 is 1.85 bits per heavy atom. The number of hydrogen-bond donors (Lipinski definition) is 2. The van der Waals surface area contributed by atoms with Crippen LogP contribution < -0.4 is 11.1 Å². The van der Waals surface area contributed by atoms with Gasteiger partial charge in [0.2, 0.25) is 0 Å². The van der Waals surface area contributed by atoms with E-state index in [1.54, 1.807) is 30.3 Å². The summed E-state index contributed by atoms with van der Waals surface area (Å²) < 4.78 is 5.03. The van der Waals surface area contributed by atoms with Gasteiger partial charge in [0.15, 0.2) is 5.58 Å². The van der Waals surface area contributed by atoms with Crippen LogP contribution in [0.4, 0.5) is 0 Å². The van der Waals surface area contributed by atoms with Gasteiger partial charge in [-0.15, -0.1) is 0 Å². The second kappa shape index (κ2) is 6.11. The van der Waals surface area contributed by atoms with E-state index >= 15 is 0 Å². The fourth-order valence-electron chi connectivity index (χ4n) is 2.76. The van der Waals surface area contributed by atoms with Crippen molar-refractivity contribution in [1.82, 2.24) is 20.3 Å². The average molecular weight is 348 g/mol. The highest BCUT2D eigenvalue weighted by Gasteiger charge is 2.09. The van der Waals surface area contributed by atoms with Gasteiger partial charge in [-0.3, -0.25) is 9.78 Å². The second-order valence-corrected chi connectivity index (χ2v) is 6.13. The van der Waals surface area contributed by atoms with Gasteiger partial charge in [-0.2, -0.15) is 0 Å². The van der Waals surface area contributed by atoms with Gasteiger partial charge >= 0.3 is 5.76 Å². The number of carbonyl (C=O) groups excluding carboxylic acids is 1. The molecule has 4 rings (SSSR count). The van der Waals surface area contributed by atoms with Crippen molar-refractivity contribution in [2.24, 2.45) is 0 Å². The highest BCUT2D eigenvalue weighted by Crippen LogP contribution is 2.15. The van der Waals surface area contributed by atoms with Crippen LogP contribution in [0.25, 0.3) is 22.1 Å². The molecule has 0 aliphatic rings. The summed E-state index contributed by atoms with van der Waals surface area (Å²) in [5.74, 6) is -0.702. The van der Waals surface area contributed by atoms with Crippen LogP contribution in [0, 0.1) is 13.8 Å². The van der Waals surface area contributed by atoms with Crippen LogP contribution in [0.5, 0.6) is 0 Å². The van der Waals surface area contributed by atoms with E-state index in [-0.39, 0.29) is 5.91 Å². The summed E-state index contributed by atoms with van der Waals surface area (Å²) in [6, 6.07) is 10.6. The fourth-order valence-corrected chi connectivity index (χ4v) is 2.76. The smallest absolute Gasteiger partial charge is 0.408 e. The summed E-state index contributed by atoms with van der Waals surface area (Å²) in [6.45, 7) is 4.12. The summed E-state index contributed by atoms with van der Waals surface area (Å²) in [5, 5.41) is 2.86. The minimum Gasteiger partial charge on any atom is -0.408 e. The first-order valence-electron chi connectivity index (χ1n) is 8.14. The Kier molecular flexibility index (Phi) is 3.76. The van der Waals surface area contributed by atoms with E-state index in [2.05, 4.69) is 20.3 Å². The van der Waals surface area contributed by atoms with Crippen LogP contribution in [0.3, 0.4) is 0 Å². The monoisotopic (exact) mass is 348 g/mol. The molecule has 0 atom stereocenters. The number of aromatic nitrogens is 3. The SMILES string of the molecule is Cc1nc2ccc(C(=O)NCc3ccc4[nH]c(=O)oc4c3)cc2nc1C. The predicted octanol–water partition coefficient (Wildman–Crippen LogP) is 2.61. The molecule has 4 aromatic rings. The van der Waals surface area contributed by atoms with E-state index in [0.29, 0.717) is 28.7 Å². The maximum absolute atomic E-state index is 12.4. The van der Waals surface area contributed by atoms with E-state index < -0.39 is 5.76 Å². The first kappa shape index (κ1) is 16.0. The predicted molar refractivity (Wildman–Crippen MR) is 97.0 cm³/mol. The van der Waals surface area contributed by atoms with Gasteiger partial charge < -0.3 is 9.73 Å². The zero-order valence-electron chi connectivity index (χ0n) is 14.3. The minimum absolute atomic E-state index is 0.206. The summed E-state index contributed by atoms with van der Waals surface area (Å²) in [5.41, 5.74) is 5.62. The van der Waals surface area contributed by atoms with Gasteiger partial charge in [0.25, 0.3) is 5.91 Å². The molecule has 7 heteroatoms. The molecule has 26 heavy (non-hydrogen) atoms. The number of rotatable bonds is 3. The third-order valence-corrected chi connectivity index (χ3v) is 4.28. The number of oxazole rings is 1. The van der Waals surface area contributed by atoms with Gasteiger partial charge in [0.1, 0.15) is 0 Å². The lowest BCUT2D eigenvalue weighted by molar-refractivity contribution is 0.0951. The zero-order valence-corrected chi connectivity index (χ0v) is 14.3. The van der Waals surface area contributed by atoms with Crippen LogP contribution in [-0.2, 0) is 6.54 Å². The summed E-state index contributed by atoms with van der Waals surface area (Å²) in [4.78, 5) is 35.2. The molecule has 0 spiro atoms. The molecule has 0 aliphatic heterocycles. The van der Waals surface area contributed by atoms with Crippen molar-refractivity contribution < 1.29 is 9.21 Å². The highest BCUT2D eigenvalue weighted by molar-refractivity contribution is 5.97. The van der Waals surface area contributed by atoms with Crippen molar-refractivity contribution in [2.75, 3.05) is 0 Å². The quantitative estimate of drug-likeness (QED) is 0.593. The highest BCUT2D eigenvalue weighted by atomic mass is 16.4. The Hall–Kier alpha value is -3.48. The maximum atomic E-state index is 12.4. The van der Waals surface area contributed by atoms with Gasteiger partial charge in [-0.25, -0.2) is 14.8 Å². The second-order valence-electron chi connectivity index (χ2n) is 6.13. The Balaban J connectivity index is 1.54. The van der Waals surface area contributed by atoms with Crippen molar-refractivity contribution in [1.29, 1.82) is 0 Å². The van der Waals surface area contributed by atoms with Gasteiger partial charge in [0.05, 0.1) is 27.9 Å². The third kappa shape index (κ3) is 2.95. The molecular formula is C19H16N4O3. The number of H-pyrrole nitrogens is 1. The lowest BCUT2D eigenvalue weighted by Crippen LogP contribution is -2.22. The molecule has 0 unspecified atom stereocenters. The molecule has 7 nitrogen and oxygen atoms in total. The van der Waals surface area contributed by atoms with Crippen molar-refractivity contribution in [3.63, 3.8) is 0 Å². The topological polar surface area (TPSA) is 101 Å². The van der Waals surface area contributed by atoms with Crippen LogP contribution in [-0.4, -0.2) is 20.9 Å². The molecule has 0 fully saturated rings. The number of aromatic amines is 1. The largest absolute Gasteiger partial charge is 0.417 e. The lowest BCUT2D eigenvalue weighted by atomic mass is 10.1. The van der Waals surface area contributed by atoms with Crippen molar-refractivity contribution in [3.05, 3.63) is 69.5 Å². The normalized spacial score (nSPS) is 11.2. The van der Waals surface area contributed by atoms with Crippen LogP contribution in [0.1, 0.15) is 27.3 Å². The van der Waals surface area contributed by atoms with Crippen molar-refractivity contribution in [2.45, 2.75) is 20.4 Å². The summed E-state index contributed by atoms with van der Waals surface area (Å²) in [6.07, 6.45) is 0. The van der Waals surface area contributed by atoms with E-state index in [4.69, 9.17) is 4.42 Å². The molecule has 0 saturated heterocycles. The molecule has 0 bridgehead atoms. The fraction of sp³-hybridized carbons (Fsp3) is 0.158. The molecule has 0 radical (unpaired) electrons.